The van der Waals surface area contributed by atoms with Gasteiger partial charge in [-0.2, -0.15) is 5.10 Å². The highest BCUT2D eigenvalue weighted by atomic mass is 32.1. The van der Waals surface area contributed by atoms with Gasteiger partial charge in [0.05, 0.1) is 28.5 Å². The zero-order chi connectivity index (χ0) is 18.9. The van der Waals surface area contributed by atoms with Crippen molar-refractivity contribution in [3.63, 3.8) is 0 Å². The summed E-state index contributed by atoms with van der Waals surface area (Å²) in [6.07, 6.45) is 7.17. The van der Waals surface area contributed by atoms with Gasteiger partial charge in [-0.3, -0.25) is 9.78 Å². The van der Waals surface area contributed by atoms with Gasteiger partial charge in [-0.15, -0.1) is 11.3 Å². The molecule has 0 N–H and O–H groups in total. The number of hydrogen-bond donors (Lipinski definition) is 0. The van der Waals surface area contributed by atoms with E-state index < -0.39 is 0 Å². The zero-order valence-electron chi connectivity index (χ0n) is 15.1. The first-order valence-electron chi connectivity index (χ1n) is 9.23. The summed E-state index contributed by atoms with van der Waals surface area (Å²) in [6.45, 7) is 1.45. The second kappa shape index (κ2) is 7.12. The predicted octanol–water partition coefficient (Wildman–Crippen LogP) is 2.98. The number of rotatable bonds is 4. The smallest absolute Gasteiger partial charge is 0.266 e. The molecule has 140 valence electrons. The number of nitrogens with zero attached hydrogens (tertiary/aromatic N) is 6. The molecule has 1 unspecified atom stereocenters. The van der Waals surface area contributed by atoms with Crippen LogP contribution >= 0.6 is 11.3 Å². The van der Waals surface area contributed by atoms with Gasteiger partial charge in [-0.25, -0.2) is 14.6 Å². The number of thiophene rings is 1. The molecule has 1 aliphatic rings. The summed E-state index contributed by atoms with van der Waals surface area (Å²) in [5.41, 5.74) is 2.52. The molecule has 0 amide bonds. The number of anilines is 1. The Morgan fingerprint density at radius 3 is 3.04 bits per heavy atom. The standard InChI is InChI=1S/C20H18N6OS/c27-18-6-5-16(14-3-1-8-21-11-14)24-26(18)12-15-4-2-9-25(15)20-19-17(7-10-28-19)22-13-23-20/h1,3,5-8,10-11,13,15H,2,4,9,12H2. The molecule has 1 atom stereocenters. The summed E-state index contributed by atoms with van der Waals surface area (Å²) < 4.78 is 2.66. The van der Waals surface area contributed by atoms with Gasteiger partial charge < -0.3 is 4.90 Å². The lowest BCUT2D eigenvalue weighted by Crippen LogP contribution is -2.37. The minimum absolute atomic E-state index is 0.0940. The second-order valence-corrected chi connectivity index (χ2v) is 7.72. The molecule has 5 rings (SSSR count). The third kappa shape index (κ3) is 3.05. The minimum Gasteiger partial charge on any atom is -0.350 e. The van der Waals surface area contributed by atoms with Crippen molar-refractivity contribution in [2.24, 2.45) is 0 Å². The van der Waals surface area contributed by atoms with E-state index in [9.17, 15) is 4.79 Å². The highest BCUT2D eigenvalue weighted by Crippen LogP contribution is 2.32. The Hall–Kier alpha value is -3.13. The van der Waals surface area contributed by atoms with E-state index >= 15 is 0 Å². The summed E-state index contributed by atoms with van der Waals surface area (Å²) in [5, 5.41) is 6.63. The first-order chi connectivity index (χ1) is 13.8. The highest BCUT2D eigenvalue weighted by molar-refractivity contribution is 7.17. The van der Waals surface area contributed by atoms with Crippen molar-refractivity contribution < 1.29 is 0 Å². The van der Waals surface area contributed by atoms with E-state index in [0.29, 0.717) is 6.54 Å². The molecule has 7 nitrogen and oxygen atoms in total. The number of fused-ring (bicyclic) bond motifs is 1. The molecule has 0 saturated carbocycles. The molecular formula is C20H18N6OS. The van der Waals surface area contributed by atoms with Gasteiger partial charge in [-0.05, 0) is 42.5 Å². The third-order valence-electron chi connectivity index (χ3n) is 5.08. The van der Waals surface area contributed by atoms with Crippen LogP contribution in [-0.2, 0) is 6.54 Å². The molecule has 0 bridgehead atoms. The Balaban J connectivity index is 1.47. The molecule has 0 spiro atoms. The molecule has 1 saturated heterocycles. The van der Waals surface area contributed by atoms with Crippen LogP contribution in [-0.4, -0.2) is 37.3 Å². The van der Waals surface area contributed by atoms with E-state index in [1.807, 2.05) is 23.6 Å². The summed E-state index contributed by atoms with van der Waals surface area (Å²) in [4.78, 5) is 27.8. The van der Waals surface area contributed by atoms with Crippen molar-refractivity contribution >= 4 is 27.4 Å². The average Bonchev–Trinajstić information content (AvgIpc) is 3.39. The fourth-order valence-electron chi connectivity index (χ4n) is 3.73. The maximum Gasteiger partial charge on any atom is 0.266 e. The Kier molecular flexibility index (Phi) is 4.32. The van der Waals surface area contributed by atoms with E-state index in [1.165, 1.54) is 0 Å². The fraction of sp³-hybridized carbons (Fsp3) is 0.250. The molecule has 8 heteroatoms. The van der Waals surface area contributed by atoms with E-state index in [-0.39, 0.29) is 11.6 Å². The maximum absolute atomic E-state index is 12.4. The molecule has 0 aromatic carbocycles. The van der Waals surface area contributed by atoms with Crippen molar-refractivity contribution in [2.75, 3.05) is 11.4 Å². The van der Waals surface area contributed by atoms with Crippen LogP contribution in [0.15, 0.2) is 59.2 Å². The summed E-state index contributed by atoms with van der Waals surface area (Å²) in [5.74, 6) is 0.957. The van der Waals surface area contributed by atoms with Gasteiger partial charge in [0, 0.05) is 30.6 Å². The van der Waals surface area contributed by atoms with E-state index in [1.54, 1.807) is 46.9 Å². The Bertz CT molecular complexity index is 1170. The number of pyridine rings is 1. The molecule has 0 aliphatic carbocycles. The lowest BCUT2D eigenvalue weighted by atomic mass is 10.2. The van der Waals surface area contributed by atoms with E-state index in [0.717, 1.165) is 46.7 Å². The second-order valence-electron chi connectivity index (χ2n) is 6.80. The fourth-order valence-corrected chi connectivity index (χ4v) is 4.58. The molecule has 4 aromatic rings. The molecule has 4 aromatic heterocycles. The van der Waals surface area contributed by atoms with E-state index in [4.69, 9.17) is 0 Å². The Morgan fingerprint density at radius 2 is 2.14 bits per heavy atom. The van der Waals surface area contributed by atoms with Gasteiger partial charge in [0.1, 0.15) is 12.1 Å². The van der Waals surface area contributed by atoms with Crippen molar-refractivity contribution in [2.45, 2.75) is 25.4 Å². The largest absolute Gasteiger partial charge is 0.350 e. The van der Waals surface area contributed by atoms with Crippen LogP contribution < -0.4 is 10.5 Å². The van der Waals surface area contributed by atoms with Crippen molar-refractivity contribution in [1.29, 1.82) is 0 Å². The average molecular weight is 390 g/mol. The first-order valence-corrected chi connectivity index (χ1v) is 10.1. The monoisotopic (exact) mass is 390 g/mol. The van der Waals surface area contributed by atoms with Gasteiger partial charge in [0.25, 0.3) is 5.56 Å². The SMILES string of the molecule is O=c1ccc(-c2cccnc2)nn1CC1CCCN1c1ncnc2ccsc12. The quantitative estimate of drug-likeness (QED) is 0.533. The van der Waals surface area contributed by atoms with Crippen LogP contribution in [0.2, 0.25) is 0 Å². The van der Waals surface area contributed by atoms with Crippen LogP contribution in [0, 0.1) is 0 Å². The Labute approximate surface area is 165 Å². The summed E-state index contributed by atoms with van der Waals surface area (Å²) in [6, 6.07) is 9.33. The normalized spacial score (nSPS) is 16.7. The number of hydrogen-bond acceptors (Lipinski definition) is 7. The van der Waals surface area contributed by atoms with Crippen molar-refractivity contribution in [3.8, 4) is 11.3 Å². The topological polar surface area (TPSA) is 76.8 Å². The maximum atomic E-state index is 12.4. The zero-order valence-corrected chi connectivity index (χ0v) is 15.9. The van der Waals surface area contributed by atoms with Crippen LogP contribution in [0.1, 0.15) is 12.8 Å². The van der Waals surface area contributed by atoms with Gasteiger partial charge in [0.2, 0.25) is 0 Å². The van der Waals surface area contributed by atoms with E-state index in [2.05, 4.69) is 25.0 Å². The van der Waals surface area contributed by atoms with Crippen molar-refractivity contribution in [3.05, 3.63) is 64.8 Å². The molecule has 1 aliphatic heterocycles. The van der Waals surface area contributed by atoms with Crippen molar-refractivity contribution in [1.82, 2.24) is 24.7 Å². The molecule has 5 heterocycles. The molecule has 28 heavy (non-hydrogen) atoms. The predicted molar refractivity (Wildman–Crippen MR) is 110 cm³/mol. The lowest BCUT2D eigenvalue weighted by Gasteiger charge is -2.26. The third-order valence-corrected chi connectivity index (χ3v) is 5.98. The molecular weight excluding hydrogens is 372 g/mol. The van der Waals surface area contributed by atoms with Crippen LogP contribution in [0.3, 0.4) is 0 Å². The van der Waals surface area contributed by atoms with Gasteiger partial charge in [0.15, 0.2) is 0 Å². The van der Waals surface area contributed by atoms with Crippen LogP contribution in [0.25, 0.3) is 21.5 Å². The van der Waals surface area contributed by atoms with Gasteiger partial charge >= 0.3 is 0 Å². The highest BCUT2D eigenvalue weighted by Gasteiger charge is 2.28. The first kappa shape index (κ1) is 17.0. The van der Waals surface area contributed by atoms with Gasteiger partial charge in [-0.1, -0.05) is 0 Å². The molecule has 0 radical (unpaired) electrons. The lowest BCUT2D eigenvalue weighted by molar-refractivity contribution is 0.489. The minimum atomic E-state index is -0.0940. The van der Waals surface area contributed by atoms with Crippen LogP contribution in [0.4, 0.5) is 5.82 Å². The Morgan fingerprint density at radius 1 is 1.18 bits per heavy atom. The summed E-state index contributed by atoms with van der Waals surface area (Å²) >= 11 is 1.65. The number of aromatic nitrogens is 5. The molecule has 1 fully saturated rings. The summed E-state index contributed by atoms with van der Waals surface area (Å²) in [7, 11) is 0. The van der Waals surface area contributed by atoms with Crippen LogP contribution in [0.5, 0.6) is 0 Å².